The lowest BCUT2D eigenvalue weighted by Crippen LogP contribution is -2.65. The van der Waals surface area contributed by atoms with E-state index in [4.69, 9.17) is 32.8 Å². The molecule has 2 aliphatic heterocycles. The third-order valence-corrected chi connectivity index (χ3v) is 8.68. The minimum absolute atomic E-state index is 0.120. The van der Waals surface area contributed by atoms with Crippen LogP contribution in [0.1, 0.15) is 33.3 Å². The fourth-order valence-corrected chi connectivity index (χ4v) is 5.96. The Bertz CT molecular complexity index is 1800. The number of fused-ring (bicyclic) bond motifs is 1. The maximum Gasteiger partial charge on any atom is 0.303 e. The van der Waals surface area contributed by atoms with E-state index < -0.39 is 90.9 Å². The second kappa shape index (κ2) is 15.5. The Hall–Kier alpha value is -4.26. The molecule has 10 atom stereocenters. The number of methoxy groups -OCH3 is 1. The van der Waals surface area contributed by atoms with Crippen LogP contribution >= 0.6 is 0 Å². The van der Waals surface area contributed by atoms with E-state index in [0.717, 1.165) is 18.6 Å². The fraction of sp³-hybridized carbons (Fsp3) is 0.486. The second-order valence-corrected chi connectivity index (χ2v) is 12.6. The molecule has 0 radical (unpaired) electrons. The molecule has 3 heterocycles. The van der Waals surface area contributed by atoms with Crippen molar-refractivity contribution in [1.29, 1.82) is 0 Å². The van der Waals surface area contributed by atoms with Gasteiger partial charge in [-0.15, -0.1) is 0 Å². The van der Waals surface area contributed by atoms with Crippen LogP contribution in [0.3, 0.4) is 0 Å². The van der Waals surface area contributed by atoms with Gasteiger partial charge in [0.25, 0.3) is 0 Å². The molecule has 1 aromatic heterocycles. The number of hydrogen-bond donors (Lipinski definition) is 7. The summed E-state index contributed by atoms with van der Waals surface area (Å²) in [5.41, 5.74) is 0.409. The molecule has 16 heteroatoms. The minimum atomic E-state index is -1.90. The number of phenols is 2. The van der Waals surface area contributed by atoms with E-state index in [1.54, 1.807) is 30.3 Å². The number of allylic oxidation sites excluding steroid dienone is 2. The quantitative estimate of drug-likeness (QED) is 0.114. The number of aliphatic hydroxyl groups is 5. The summed E-state index contributed by atoms with van der Waals surface area (Å²) >= 11 is 0. The van der Waals surface area contributed by atoms with Gasteiger partial charge in [-0.3, -0.25) is 9.59 Å². The van der Waals surface area contributed by atoms with Crippen molar-refractivity contribution in [3.63, 3.8) is 0 Å². The van der Waals surface area contributed by atoms with Crippen LogP contribution in [0.2, 0.25) is 0 Å². The summed E-state index contributed by atoms with van der Waals surface area (Å²) in [6, 6.07) is 7.32. The molecule has 2 aliphatic rings. The van der Waals surface area contributed by atoms with Crippen molar-refractivity contribution in [1.82, 2.24) is 0 Å². The zero-order valence-corrected chi connectivity index (χ0v) is 28.5. The molecule has 7 N–H and O–H groups in total. The number of phenolic OH excluding ortho intramolecular Hbond substituents is 2. The van der Waals surface area contributed by atoms with Crippen molar-refractivity contribution in [3.8, 4) is 34.3 Å². The lowest BCUT2D eigenvalue weighted by molar-refractivity contribution is -0.350. The number of carbonyl (C=O) groups excluding carboxylic acids is 1. The van der Waals surface area contributed by atoms with E-state index in [2.05, 4.69) is 0 Å². The summed E-state index contributed by atoms with van der Waals surface area (Å²) in [5.74, 6) is -1.93. The van der Waals surface area contributed by atoms with Gasteiger partial charge >= 0.3 is 5.97 Å². The van der Waals surface area contributed by atoms with Gasteiger partial charge in [-0.1, -0.05) is 11.6 Å². The van der Waals surface area contributed by atoms with E-state index >= 15 is 0 Å². The van der Waals surface area contributed by atoms with Crippen LogP contribution in [0, 0.1) is 0 Å². The summed E-state index contributed by atoms with van der Waals surface area (Å²) in [5, 5.41) is 73.8. The van der Waals surface area contributed by atoms with Crippen molar-refractivity contribution >= 4 is 16.9 Å². The van der Waals surface area contributed by atoms with E-state index in [-0.39, 0.29) is 34.5 Å². The van der Waals surface area contributed by atoms with Crippen molar-refractivity contribution in [3.05, 3.63) is 57.8 Å². The summed E-state index contributed by atoms with van der Waals surface area (Å²) in [4.78, 5) is 26.4. The minimum Gasteiger partial charge on any atom is -0.507 e. The van der Waals surface area contributed by atoms with Crippen LogP contribution in [-0.2, 0) is 30.2 Å². The number of rotatable bonds is 10. The molecule has 2 saturated heterocycles. The van der Waals surface area contributed by atoms with Gasteiger partial charge in [-0.2, -0.15) is 0 Å². The van der Waals surface area contributed by atoms with Gasteiger partial charge in [-0.05, 0) is 51.5 Å². The Morgan fingerprint density at radius 3 is 2.20 bits per heavy atom. The topological polar surface area (TPSA) is 244 Å². The molecule has 0 unspecified atom stereocenters. The molecule has 51 heavy (non-hydrogen) atoms. The van der Waals surface area contributed by atoms with Crippen molar-refractivity contribution in [2.75, 3.05) is 13.7 Å². The lowest BCUT2D eigenvalue weighted by atomic mass is 9.97. The van der Waals surface area contributed by atoms with Crippen LogP contribution < -0.4 is 14.9 Å². The average molecular weight is 719 g/mol. The van der Waals surface area contributed by atoms with Crippen LogP contribution in [0.5, 0.6) is 23.0 Å². The fourth-order valence-electron chi connectivity index (χ4n) is 5.96. The Labute approximate surface area is 291 Å². The van der Waals surface area contributed by atoms with Crippen molar-refractivity contribution in [2.45, 2.75) is 95.5 Å². The second-order valence-electron chi connectivity index (χ2n) is 12.6. The number of ether oxygens (including phenoxy) is 6. The Morgan fingerprint density at radius 1 is 0.902 bits per heavy atom. The van der Waals surface area contributed by atoms with Gasteiger partial charge in [0, 0.05) is 24.1 Å². The molecule has 5 rings (SSSR count). The highest BCUT2D eigenvalue weighted by molar-refractivity contribution is 5.91. The predicted molar refractivity (Wildman–Crippen MR) is 176 cm³/mol. The van der Waals surface area contributed by atoms with Crippen LogP contribution in [0.25, 0.3) is 22.3 Å². The van der Waals surface area contributed by atoms with Crippen LogP contribution in [-0.4, -0.2) is 117 Å². The number of esters is 1. The normalized spacial score (nSPS) is 29.4. The van der Waals surface area contributed by atoms with E-state index in [9.17, 15) is 45.3 Å². The number of carbonyl (C=O) groups is 1. The smallest absolute Gasteiger partial charge is 0.303 e. The first kappa shape index (κ1) is 38.0. The van der Waals surface area contributed by atoms with Gasteiger partial charge in [0.2, 0.25) is 17.5 Å². The van der Waals surface area contributed by atoms with E-state index in [1.807, 2.05) is 13.8 Å². The zero-order valence-electron chi connectivity index (χ0n) is 28.5. The SMILES string of the molecule is COc1ccc(-c2oc3c(CC=C(C)C)c(O)cc(O)c3c(=O)c2O[C@H]2O[C@@H](C)[C@H](OC(C)=O)[C@H](O[C@@H]3O[C@H](CO)[C@H](O)[C@H](O)[C@H]3O)[C@@H]2O)cc1. The maximum absolute atomic E-state index is 14.3. The molecule has 2 fully saturated rings. The third-order valence-electron chi connectivity index (χ3n) is 8.68. The highest BCUT2D eigenvalue weighted by Gasteiger charge is 2.52. The molecule has 278 valence electrons. The molecule has 3 aromatic rings. The van der Waals surface area contributed by atoms with Gasteiger partial charge < -0.3 is 68.6 Å². The molecule has 0 aliphatic carbocycles. The molecule has 0 saturated carbocycles. The zero-order chi connectivity index (χ0) is 37.3. The summed E-state index contributed by atoms with van der Waals surface area (Å²) in [7, 11) is 1.47. The predicted octanol–water partition coefficient (Wildman–Crippen LogP) is 0.990. The Kier molecular flexibility index (Phi) is 11.6. The molecular weight excluding hydrogens is 676 g/mol. The van der Waals surface area contributed by atoms with E-state index in [1.165, 1.54) is 14.0 Å². The molecule has 16 nitrogen and oxygen atoms in total. The standard InChI is InChI=1S/C35H42O16/c1-14(2)6-11-19-20(38)12-21(39)23-25(41)32(30(49-31(19)23)17-7-9-18(45-5)10-8-17)50-35-28(44)33(29(15(3)46-35)47-16(4)37)51-34-27(43)26(42)24(40)22(13-36)48-34/h6-10,12,15,22,24,26-29,33-36,38-40,42-44H,11,13H2,1-5H3/t15-,22+,24-,26-,27+,28-,29-,33+,34-,35+/m0/s1. The number of aromatic hydroxyl groups is 2. The highest BCUT2D eigenvalue weighted by atomic mass is 16.7. The molecule has 0 amide bonds. The summed E-state index contributed by atoms with van der Waals surface area (Å²) in [6.07, 6.45) is -14.3. The Balaban J connectivity index is 1.62. The van der Waals surface area contributed by atoms with Gasteiger partial charge in [0.05, 0.1) is 19.8 Å². The third kappa shape index (κ3) is 7.68. The largest absolute Gasteiger partial charge is 0.507 e. The van der Waals surface area contributed by atoms with Gasteiger partial charge in [0.15, 0.2) is 18.2 Å². The molecule has 0 spiro atoms. The van der Waals surface area contributed by atoms with Crippen molar-refractivity contribution in [2.24, 2.45) is 0 Å². The number of aliphatic hydroxyl groups excluding tert-OH is 5. The van der Waals surface area contributed by atoms with Gasteiger partial charge in [-0.25, -0.2) is 0 Å². The molecule has 2 aromatic carbocycles. The first-order valence-electron chi connectivity index (χ1n) is 16.1. The van der Waals surface area contributed by atoms with Crippen LogP contribution in [0.4, 0.5) is 0 Å². The molecular formula is C35H42O16. The summed E-state index contributed by atoms with van der Waals surface area (Å²) in [6.45, 7) is 5.49. The van der Waals surface area contributed by atoms with Gasteiger partial charge in [0.1, 0.15) is 64.8 Å². The average Bonchev–Trinajstić information content (AvgIpc) is 3.08. The number of benzene rings is 2. The monoisotopic (exact) mass is 718 g/mol. The Morgan fingerprint density at radius 2 is 1.59 bits per heavy atom. The molecule has 0 bridgehead atoms. The van der Waals surface area contributed by atoms with Crippen LogP contribution in [0.15, 0.2) is 51.2 Å². The lowest BCUT2D eigenvalue weighted by Gasteiger charge is -2.46. The first-order chi connectivity index (χ1) is 24.2. The van der Waals surface area contributed by atoms with E-state index in [0.29, 0.717) is 11.3 Å². The highest BCUT2D eigenvalue weighted by Crippen LogP contribution is 2.41. The van der Waals surface area contributed by atoms with Crippen molar-refractivity contribution < 1.29 is 73.4 Å². The maximum atomic E-state index is 14.3. The number of hydrogen-bond acceptors (Lipinski definition) is 16. The summed E-state index contributed by atoms with van der Waals surface area (Å²) < 4.78 is 40.2. The first-order valence-corrected chi connectivity index (χ1v) is 16.1.